The van der Waals surface area contributed by atoms with Crippen LogP contribution in [0.3, 0.4) is 0 Å². The van der Waals surface area contributed by atoms with Crippen molar-refractivity contribution in [1.29, 1.82) is 0 Å². The summed E-state index contributed by atoms with van der Waals surface area (Å²) in [6.07, 6.45) is -3.05. The summed E-state index contributed by atoms with van der Waals surface area (Å²) in [5, 5.41) is 0. The van der Waals surface area contributed by atoms with Gasteiger partial charge >= 0.3 is 6.18 Å². The van der Waals surface area contributed by atoms with Gasteiger partial charge in [-0.3, -0.25) is 4.79 Å². The Hall–Kier alpha value is -2.64. The SMILES string of the molecule is Cc1nc(N2CCN(c3cccc(C(F)(F)F)c3)CC2)nc2c1C(=O)CC(C)C2. The number of aromatic nitrogens is 2. The van der Waals surface area contributed by atoms with Crippen LogP contribution in [0.2, 0.25) is 0 Å². The first kappa shape index (κ1) is 19.7. The number of carbonyl (C=O) groups is 1. The van der Waals surface area contributed by atoms with Crippen molar-refractivity contribution < 1.29 is 18.0 Å². The maximum absolute atomic E-state index is 13.0. The number of Topliss-reactive ketones (excluding diaryl/α,β-unsaturated/α-hetero) is 1. The van der Waals surface area contributed by atoms with Gasteiger partial charge in [-0.25, -0.2) is 9.97 Å². The molecular weight excluding hydrogens is 381 g/mol. The van der Waals surface area contributed by atoms with Crippen molar-refractivity contribution in [2.24, 2.45) is 5.92 Å². The molecule has 0 N–H and O–H groups in total. The number of hydrogen-bond donors (Lipinski definition) is 0. The Morgan fingerprint density at radius 2 is 1.72 bits per heavy atom. The monoisotopic (exact) mass is 404 g/mol. The van der Waals surface area contributed by atoms with E-state index in [-0.39, 0.29) is 11.7 Å². The lowest BCUT2D eigenvalue weighted by Crippen LogP contribution is -2.47. The fourth-order valence-corrected chi connectivity index (χ4v) is 4.13. The molecule has 0 bridgehead atoms. The summed E-state index contributed by atoms with van der Waals surface area (Å²) in [4.78, 5) is 25.5. The second kappa shape index (κ2) is 7.31. The zero-order valence-electron chi connectivity index (χ0n) is 16.5. The van der Waals surface area contributed by atoms with Gasteiger partial charge in [0.25, 0.3) is 0 Å². The van der Waals surface area contributed by atoms with Crippen LogP contribution >= 0.6 is 0 Å². The molecule has 0 saturated carbocycles. The van der Waals surface area contributed by atoms with Gasteiger partial charge in [-0.1, -0.05) is 13.0 Å². The summed E-state index contributed by atoms with van der Waals surface area (Å²) in [5.74, 6) is 0.985. The summed E-state index contributed by atoms with van der Waals surface area (Å²) in [6, 6.07) is 5.43. The maximum Gasteiger partial charge on any atom is 0.416 e. The Morgan fingerprint density at radius 1 is 1.03 bits per heavy atom. The number of fused-ring (bicyclic) bond motifs is 1. The van der Waals surface area contributed by atoms with E-state index in [9.17, 15) is 18.0 Å². The van der Waals surface area contributed by atoms with Crippen LogP contribution in [0.15, 0.2) is 24.3 Å². The second-order valence-corrected chi connectivity index (χ2v) is 7.89. The lowest BCUT2D eigenvalue weighted by Gasteiger charge is -2.36. The van der Waals surface area contributed by atoms with E-state index < -0.39 is 11.7 Å². The minimum absolute atomic E-state index is 0.108. The lowest BCUT2D eigenvalue weighted by molar-refractivity contribution is -0.137. The fraction of sp³-hybridized carbons (Fsp3) is 0.476. The molecule has 1 aliphatic carbocycles. The number of rotatable bonds is 2. The molecule has 1 aromatic carbocycles. The average molecular weight is 404 g/mol. The fourth-order valence-electron chi connectivity index (χ4n) is 4.13. The number of ketones is 1. The van der Waals surface area contributed by atoms with Crippen molar-refractivity contribution in [3.63, 3.8) is 0 Å². The average Bonchev–Trinajstić information content (AvgIpc) is 2.66. The van der Waals surface area contributed by atoms with Gasteiger partial charge in [0.05, 0.1) is 22.5 Å². The van der Waals surface area contributed by atoms with Crippen molar-refractivity contribution in [3.05, 3.63) is 46.8 Å². The molecule has 1 aliphatic heterocycles. The Morgan fingerprint density at radius 3 is 2.41 bits per heavy atom. The Labute approximate surface area is 167 Å². The van der Waals surface area contributed by atoms with Crippen molar-refractivity contribution in [1.82, 2.24) is 9.97 Å². The number of carbonyl (C=O) groups excluding carboxylic acids is 1. The molecule has 4 rings (SSSR count). The lowest BCUT2D eigenvalue weighted by atomic mass is 9.86. The van der Waals surface area contributed by atoms with Crippen molar-refractivity contribution in [2.45, 2.75) is 32.9 Å². The first-order chi connectivity index (χ1) is 13.7. The summed E-state index contributed by atoms with van der Waals surface area (Å²) in [5.41, 5.74) is 2.12. The van der Waals surface area contributed by atoms with Crippen LogP contribution in [0, 0.1) is 12.8 Å². The number of piperazine rings is 1. The van der Waals surface area contributed by atoms with Gasteiger partial charge in [0.1, 0.15) is 0 Å². The molecule has 29 heavy (non-hydrogen) atoms. The van der Waals surface area contributed by atoms with E-state index in [0.29, 0.717) is 55.5 Å². The molecule has 154 valence electrons. The molecular formula is C21H23F3N4O. The van der Waals surface area contributed by atoms with Crippen LogP contribution in [0.4, 0.5) is 24.8 Å². The third-order valence-electron chi connectivity index (χ3n) is 5.61. The van der Waals surface area contributed by atoms with Crippen LogP contribution in [0.5, 0.6) is 0 Å². The molecule has 1 atom stereocenters. The molecule has 0 spiro atoms. The van der Waals surface area contributed by atoms with E-state index in [1.807, 2.05) is 23.6 Å². The number of benzene rings is 1. The third kappa shape index (κ3) is 3.93. The molecule has 1 unspecified atom stereocenters. The summed E-state index contributed by atoms with van der Waals surface area (Å²) in [7, 11) is 0. The van der Waals surface area contributed by atoms with E-state index in [1.54, 1.807) is 6.07 Å². The topological polar surface area (TPSA) is 49.3 Å². The molecule has 1 aromatic heterocycles. The smallest absolute Gasteiger partial charge is 0.368 e. The minimum atomic E-state index is -4.35. The number of aryl methyl sites for hydroxylation is 1. The molecule has 2 aliphatic rings. The van der Waals surface area contributed by atoms with Crippen molar-refractivity contribution in [2.75, 3.05) is 36.0 Å². The Bertz CT molecular complexity index is 936. The van der Waals surface area contributed by atoms with Gasteiger partial charge in [0.2, 0.25) is 5.95 Å². The van der Waals surface area contributed by atoms with Gasteiger partial charge in [-0.05, 0) is 37.5 Å². The van der Waals surface area contributed by atoms with Crippen molar-refractivity contribution in [3.8, 4) is 0 Å². The highest BCUT2D eigenvalue weighted by atomic mass is 19.4. The summed E-state index contributed by atoms with van der Waals surface area (Å²) < 4.78 is 38.9. The van der Waals surface area contributed by atoms with Gasteiger partial charge < -0.3 is 9.80 Å². The standard InChI is InChI=1S/C21H23F3N4O/c1-13-10-17-19(18(29)11-13)14(2)25-20(26-17)28-8-6-27(7-9-28)16-5-3-4-15(12-16)21(22,23)24/h3-5,12-13H,6-11H2,1-2H3. The molecule has 8 heteroatoms. The highest BCUT2D eigenvalue weighted by Crippen LogP contribution is 2.32. The zero-order chi connectivity index (χ0) is 20.8. The summed E-state index contributed by atoms with van der Waals surface area (Å²) >= 11 is 0. The third-order valence-corrected chi connectivity index (χ3v) is 5.61. The van der Waals surface area contributed by atoms with Gasteiger partial charge in [0, 0.05) is 38.3 Å². The number of hydrogen-bond acceptors (Lipinski definition) is 5. The first-order valence-electron chi connectivity index (χ1n) is 9.80. The minimum Gasteiger partial charge on any atom is -0.368 e. The van der Waals surface area contributed by atoms with E-state index in [2.05, 4.69) is 9.97 Å². The maximum atomic E-state index is 13.0. The highest BCUT2D eigenvalue weighted by Gasteiger charge is 2.32. The van der Waals surface area contributed by atoms with E-state index in [0.717, 1.165) is 18.2 Å². The number of anilines is 2. The summed E-state index contributed by atoms with van der Waals surface area (Å²) in [6.45, 7) is 6.27. The Kier molecular flexibility index (Phi) is 4.96. The van der Waals surface area contributed by atoms with Gasteiger partial charge in [0.15, 0.2) is 5.78 Å². The first-order valence-corrected chi connectivity index (χ1v) is 9.80. The van der Waals surface area contributed by atoms with Crippen molar-refractivity contribution >= 4 is 17.4 Å². The van der Waals surface area contributed by atoms with E-state index >= 15 is 0 Å². The molecule has 0 amide bonds. The molecule has 0 radical (unpaired) electrons. The zero-order valence-corrected chi connectivity index (χ0v) is 16.5. The highest BCUT2D eigenvalue weighted by molar-refractivity contribution is 5.99. The van der Waals surface area contributed by atoms with Crippen LogP contribution in [0.1, 0.15) is 40.7 Å². The predicted octanol–water partition coefficient (Wildman–Crippen LogP) is 3.90. The van der Waals surface area contributed by atoms with Gasteiger partial charge in [-0.15, -0.1) is 0 Å². The number of alkyl halides is 3. The second-order valence-electron chi connectivity index (χ2n) is 7.89. The quantitative estimate of drug-likeness (QED) is 0.760. The van der Waals surface area contributed by atoms with E-state index in [4.69, 9.17) is 0 Å². The molecule has 2 aromatic rings. The predicted molar refractivity (Wildman–Crippen MR) is 104 cm³/mol. The van der Waals surface area contributed by atoms with Crippen LogP contribution < -0.4 is 9.80 Å². The molecule has 1 saturated heterocycles. The molecule has 2 heterocycles. The largest absolute Gasteiger partial charge is 0.416 e. The van der Waals surface area contributed by atoms with Crippen LogP contribution in [0.25, 0.3) is 0 Å². The molecule has 1 fully saturated rings. The van der Waals surface area contributed by atoms with Crippen LogP contribution in [-0.4, -0.2) is 41.9 Å². The van der Waals surface area contributed by atoms with E-state index in [1.165, 1.54) is 12.1 Å². The van der Waals surface area contributed by atoms with Gasteiger partial charge in [-0.2, -0.15) is 13.2 Å². The number of halogens is 3. The number of nitrogens with zero attached hydrogens (tertiary/aromatic N) is 4. The Balaban J connectivity index is 1.50. The molecule has 5 nitrogen and oxygen atoms in total. The normalized spacial score (nSPS) is 20.0. The van der Waals surface area contributed by atoms with Crippen LogP contribution in [-0.2, 0) is 12.6 Å².